The van der Waals surface area contributed by atoms with Gasteiger partial charge < -0.3 is 9.84 Å². The molecular formula is C17H13ClO3. The van der Waals surface area contributed by atoms with Crippen molar-refractivity contribution in [2.75, 3.05) is 0 Å². The minimum Gasteiger partial charge on any atom is -0.480 e. The van der Waals surface area contributed by atoms with Crippen LogP contribution >= 0.6 is 11.6 Å². The van der Waals surface area contributed by atoms with Crippen molar-refractivity contribution in [1.29, 1.82) is 0 Å². The Labute approximate surface area is 127 Å². The van der Waals surface area contributed by atoms with Gasteiger partial charge in [-0.3, -0.25) is 0 Å². The van der Waals surface area contributed by atoms with E-state index < -0.39 is 12.1 Å². The first-order chi connectivity index (χ1) is 10.1. The summed E-state index contributed by atoms with van der Waals surface area (Å²) in [6, 6.07) is 12.8. The summed E-state index contributed by atoms with van der Waals surface area (Å²) in [5.41, 5.74) is 2.66. The first-order valence-corrected chi connectivity index (χ1v) is 6.90. The van der Waals surface area contributed by atoms with Crippen molar-refractivity contribution in [3.63, 3.8) is 0 Å². The van der Waals surface area contributed by atoms with E-state index in [0.29, 0.717) is 10.8 Å². The zero-order valence-electron chi connectivity index (χ0n) is 11.3. The van der Waals surface area contributed by atoms with E-state index in [2.05, 4.69) is 0 Å². The number of carboxylic acid groups (broad SMARTS) is 1. The van der Waals surface area contributed by atoms with E-state index in [4.69, 9.17) is 16.3 Å². The van der Waals surface area contributed by atoms with E-state index in [1.807, 2.05) is 37.3 Å². The molecule has 0 saturated carbocycles. The van der Waals surface area contributed by atoms with Crippen molar-refractivity contribution in [2.24, 2.45) is 0 Å². The molecule has 1 atom stereocenters. The van der Waals surface area contributed by atoms with Crippen molar-refractivity contribution in [2.45, 2.75) is 13.0 Å². The molecule has 1 unspecified atom stereocenters. The van der Waals surface area contributed by atoms with Crippen molar-refractivity contribution in [3.8, 4) is 5.75 Å². The topological polar surface area (TPSA) is 46.5 Å². The number of carbonyl (C=O) groups is 1. The number of aliphatic carboxylic acids is 1. The molecule has 4 heteroatoms. The molecule has 2 aromatic carbocycles. The van der Waals surface area contributed by atoms with Crippen molar-refractivity contribution >= 4 is 23.6 Å². The second-order valence-electron chi connectivity index (χ2n) is 4.95. The van der Waals surface area contributed by atoms with E-state index in [1.54, 1.807) is 18.2 Å². The Morgan fingerprint density at radius 1 is 1.24 bits per heavy atom. The van der Waals surface area contributed by atoms with E-state index in [9.17, 15) is 9.90 Å². The highest BCUT2D eigenvalue weighted by molar-refractivity contribution is 6.31. The lowest BCUT2D eigenvalue weighted by molar-refractivity contribution is -0.133. The zero-order chi connectivity index (χ0) is 15.0. The van der Waals surface area contributed by atoms with Gasteiger partial charge in [0.2, 0.25) is 0 Å². The molecule has 0 bridgehead atoms. The number of halogens is 1. The molecule has 0 aliphatic carbocycles. The van der Waals surface area contributed by atoms with Crippen LogP contribution in [0.5, 0.6) is 5.75 Å². The van der Waals surface area contributed by atoms with Crippen LogP contribution in [0.3, 0.4) is 0 Å². The maximum Gasteiger partial charge on any atom is 0.335 e. The molecule has 1 N–H and O–H groups in total. The predicted molar refractivity (Wildman–Crippen MR) is 81.6 cm³/mol. The molecule has 3 nitrogen and oxygen atoms in total. The molecule has 1 aliphatic rings. The van der Waals surface area contributed by atoms with Crippen LogP contribution in [-0.4, -0.2) is 11.1 Å². The van der Waals surface area contributed by atoms with Gasteiger partial charge in [0.05, 0.1) is 5.57 Å². The van der Waals surface area contributed by atoms with Crippen LogP contribution in [0.15, 0.2) is 48.0 Å². The second kappa shape index (κ2) is 5.26. The van der Waals surface area contributed by atoms with Crippen LogP contribution in [0.1, 0.15) is 22.8 Å². The number of rotatable bonds is 2. The normalized spacial score (nSPS) is 16.7. The lowest BCUT2D eigenvalue weighted by atomic mass is 9.95. The largest absolute Gasteiger partial charge is 0.480 e. The van der Waals surface area contributed by atoms with Gasteiger partial charge in [0.25, 0.3) is 0 Å². The van der Waals surface area contributed by atoms with Gasteiger partial charge in [0.15, 0.2) is 6.10 Å². The summed E-state index contributed by atoms with van der Waals surface area (Å²) in [7, 11) is 0. The Kier molecular flexibility index (Phi) is 3.43. The Bertz CT molecular complexity index is 749. The third-order valence-electron chi connectivity index (χ3n) is 3.49. The minimum absolute atomic E-state index is 0.218. The van der Waals surface area contributed by atoms with E-state index in [0.717, 1.165) is 16.7 Å². The lowest BCUT2D eigenvalue weighted by Crippen LogP contribution is -2.20. The Morgan fingerprint density at radius 3 is 2.71 bits per heavy atom. The van der Waals surface area contributed by atoms with Gasteiger partial charge in [-0.2, -0.15) is 0 Å². The number of carboxylic acids is 1. The summed E-state index contributed by atoms with van der Waals surface area (Å²) in [5.74, 6) is -0.304. The van der Waals surface area contributed by atoms with Gasteiger partial charge in [0, 0.05) is 10.6 Å². The van der Waals surface area contributed by atoms with Gasteiger partial charge in [-0.1, -0.05) is 41.9 Å². The standard InChI is InChI=1S/C17H13ClO3/c1-10-8-12(6-7-14(10)18)16-13(17(19)20)9-11-4-2-3-5-15(11)21-16/h2-9,16H,1H3,(H,19,20). The minimum atomic E-state index is -0.984. The van der Waals surface area contributed by atoms with Crippen LogP contribution < -0.4 is 4.74 Å². The molecule has 0 spiro atoms. The predicted octanol–water partition coefficient (Wildman–Crippen LogP) is 4.25. The Balaban J connectivity index is 2.10. The molecule has 2 aromatic rings. The second-order valence-corrected chi connectivity index (χ2v) is 5.36. The van der Waals surface area contributed by atoms with Gasteiger partial charge in [0.1, 0.15) is 5.75 Å². The van der Waals surface area contributed by atoms with Crippen molar-refractivity contribution in [3.05, 3.63) is 69.8 Å². The average Bonchev–Trinajstić information content (AvgIpc) is 2.48. The number of fused-ring (bicyclic) bond motifs is 1. The maximum atomic E-state index is 11.5. The highest BCUT2D eigenvalue weighted by Crippen LogP contribution is 2.38. The highest BCUT2D eigenvalue weighted by Gasteiger charge is 2.29. The molecular weight excluding hydrogens is 288 g/mol. The maximum absolute atomic E-state index is 11.5. The molecule has 21 heavy (non-hydrogen) atoms. The third kappa shape index (κ3) is 2.52. The zero-order valence-corrected chi connectivity index (χ0v) is 12.1. The highest BCUT2D eigenvalue weighted by atomic mass is 35.5. The van der Waals surface area contributed by atoms with Gasteiger partial charge in [-0.05, 0) is 36.3 Å². The summed E-state index contributed by atoms with van der Waals surface area (Å²) in [4.78, 5) is 11.5. The molecule has 0 amide bonds. The summed E-state index contributed by atoms with van der Waals surface area (Å²) in [6.07, 6.45) is 1.03. The van der Waals surface area contributed by atoms with Crippen LogP contribution in [0.25, 0.3) is 6.08 Å². The first-order valence-electron chi connectivity index (χ1n) is 6.53. The molecule has 1 heterocycles. The number of benzene rings is 2. The molecule has 106 valence electrons. The van der Waals surface area contributed by atoms with Crippen LogP contribution in [-0.2, 0) is 4.79 Å². The van der Waals surface area contributed by atoms with Crippen molar-refractivity contribution < 1.29 is 14.6 Å². The molecule has 0 radical (unpaired) electrons. The molecule has 3 rings (SSSR count). The number of hydrogen-bond acceptors (Lipinski definition) is 2. The monoisotopic (exact) mass is 300 g/mol. The molecule has 0 aromatic heterocycles. The average molecular weight is 301 g/mol. The molecule has 0 saturated heterocycles. The fourth-order valence-electron chi connectivity index (χ4n) is 2.39. The van der Waals surface area contributed by atoms with E-state index in [1.165, 1.54) is 0 Å². The fourth-order valence-corrected chi connectivity index (χ4v) is 2.51. The summed E-state index contributed by atoms with van der Waals surface area (Å²) in [5, 5.41) is 10.1. The Morgan fingerprint density at radius 2 is 2.00 bits per heavy atom. The van der Waals surface area contributed by atoms with E-state index >= 15 is 0 Å². The smallest absolute Gasteiger partial charge is 0.335 e. The number of ether oxygens (including phenoxy) is 1. The van der Waals surface area contributed by atoms with Crippen LogP contribution in [0, 0.1) is 6.92 Å². The Hall–Kier alpha value is -2.26. The number of hydrogen-bond donors (Lipinski definition) is 1. The summed E-state index contributed by atoms with van der Waals surface area (Å²) >= 11 is 6.03. The summed E-state index contributed by atoms with van der Waals surface area (Å²) in [6.45, 7) is 1.88. The molecule has 0 fully saturated rings. The van der Waals surface area contributed by atoms with Gasteiger partial charge in [-0.15, -0.1) is 0 Å². The fraction of sp³-hybridized carbons (Fsp3) is 0.118. The molecule has 1 aliphatic heterocycles. The SMILES string of the molecule is Cc1cc(C2Oc3ccccc3C=C2C(=O)O)ccc1Cl. The first kappa shape index (κ1) is 13.7. The van der Waals surface area contributed by atoms with Crippen LogP contribution in [0.2, 0.25) is 5.02 Å². The number of para-hydroxylation sites is 1. The van der Waals surface area contributed by atoms with Gasteiger partial charge in [-0.25, -0.2) is 4.79 Å². The van der Waals surface area contributed by atoms with Crippen molar-refractivity contribution in [1.82, 2.24) is 0 Å². The van der Waals surface area contributed by atoms with Gasteiger partial charge >= 0.3 is 5.97 Å². The third-order valence-corrected chi connectivity index (χ3v) is 3.91. The quantitative estimate of drug-likeness (QED) is 0.902. The lowest BCUT2D eigenvalue weighted by Gasteiger charge is -2.26. The van der Waals surface area contributed by atoms with E-state index in [-0.39, 0.29) is 5.57 Å². The number of aryl methyl sites for hydroxylation is 1. The van der Waals surface area contributed by atoms with Crippen LogP contribution in [0.4, 0.5) is 0 Å². The summed E-state index contributed by atoms with van der Waals surface area (Å²) < 4.78 is 5.89.